The molecule has 0 atom stereocenters. The highest BCUT2D eigenvalue weighted by molar-refractivity contribution is 7.99. The Morgan fingerprint density at radius 3 is 2.71 bits per heavy atom. The van der Waals surface area contributed by atoms with E-state index in [1.807, 2.05) is 41.8 Å². The van der Waals surface area contributed by atoms with Crippen LogP contribution in [0.2, 0.25) is 0 Å². The lowest BCUT2D eigenvalue weighted by atomic mass is 10.2. The number of ether oxygens (including phenoxy) is 1. The van der Waals surface area contributed by atoms with Crippen LogP contribution in [0.3, 0.4) is 0 Å². The third kappa shape index (κ3) is 5.10. The van der Waals surface area contributed by atoms with Crippen molar-refractivity contribution in [2.24, 2.45) is 0 Å². The zero-order chi connectivity index (χ0) is 19.9. The van der Waals surface area contributed by atoms with Gasteiger partial charge in [-0.3, -0.25) is 4.79 Å². The molecule has 0 saturated heterocycles. The molecule has 2 aromatic carbocycles. The molecule has 0 fully saturated rings. The van der Waals surface area contributed by atoms with Crippen molar-refractivity contribution in [2.75, 3.05) is 11.1 Å². The third-order valence-corrected chi connectivity index (χ3v) is 4.92. The Labute approximate surface area is 167 Å². The normalized spacial score (nSPS) is 10.7. The lowest BCUT2D eigenvalue weighted by Crippen LogP contribution is -2.16. The van der Waals surface area contributed by atoms with Gasteiger partial charge in [0.2, 0.25) is 5.91 Å². The SMILES string of the molecule is CCn1c(COc2ccccc2)nnc1SCC(=O)Nc1ccc(C)cc1F. The number of para-hydroxylation sites is 1. The van der Waals surface area contributed by atoms with Crippen LogP contribution in [0.15, 0.2) is 53.7 Å². The van der Waals surface area contributed by atoms with E-state index in [-0.39, 0.29) is 24.0 Å². The first-order valence-electron chi connectivity index (χ1n) is 8.85. The molecule has 0 aliphatic carbocycles. The van der Waals surface area contributed by atoms with Crippen molar-refractivity contribution in [3.63, 3.8) is 0 Å². The van der Waals surface area contributed by atoms with E-state index in [0.29, 0.717) is 17.5 Å². The van der Waals surface area contributed by atoms with E-state index in [1.165, 1.54) is 17.8 Å². The van der Waals surface area contributed by atoms with Gasteiger partial charge in [-0.25, -0.2) is 4.39 Å². The van der Waals surface area contributed by atoms with Gasteiger partial charge >= 0.3 is 0 Å². The number of thioether (sulfide) groups is 1. The molecule has 1 heterocycles. The highest BCUT2D eigenvalue weighted by Crippen LogP contribution is 2.20. The van der Waals surface area contributed by atoms with Crippen LogP contribution in [-0.2, 0) is 17.9 Å². The first-order chi connectivity index (χ1) is 13.6. The molecular weight excluding hydrogens is 379 g/mol. The molecule has 1 N–H and O–H groups in total. The number of halogens is 1. The number of carbonyl (C=O) groups is 1. The zero-order valence-electron chi connectivity index (χ0n) is 15.7. The smallest absolute Gasteiger partial charge is 0.234 e. The van der Waals surface area contributed by atoms with E-state index in [9.17, 15) is 9.18 Å². The Morgan fingerprint density at radius 2 is 2.00 bits per heavy atom. The number of nitrogens with zero attached hydrogens (tertiary/aromatic N) is 3. The predicted molar refractivity (Wildman–Crippen MR) is 107 cm³/mol. The fourth-order valence-corrected chi connectivity index (χ4v) is 3.37. The van der Waals surface area contributed by atoms with Gasteiger partial charge in [0.15, 0.2) is 11.0 Å². The summed E-state index contributed by atoms with van der Waals surface area (Å²) in [4.78, 5) is 12.2. The number of hydrogen-bond acceptors (Lipinski definition) is 5. The first-order valence-corrected chi connectivity index (χ1v) is 9.84. The molecule has 0 aliphatic rings. The summed E-state index contributed by atoms with van der Waals surface area (Å²) in [5, 5.41) is 11.5. The maximum atomic E-state index is 13.9. The summed E-state index contributed by atoms with van der Waals surface area (Å²) >= 11 is 1.25. The van der Waals surface area contributed by atoms with Crippen LogP contribution in [-0.4, -0.2) is 26.4 Å². The molecule has 146 valence electrons. The van der Waals surface area contributed by atoms with Gasteiger partial charge in [0.1, 0.15) is 18.2 Å². The van der Waals surface area contributed by atoms with Crippen LogP contribution in [0.25, 0.3) is 0 Å². The molecule has 6 nitrogen and oxygen atoms in total. The van der Waals surface area contributed by atoms with Crippen molar-refractivity contribution < 1.29 is 13.9 Å². The summed E-state index contributed by atoms with van der Waals surface area (Å²) in [7, 11) is 0. The van der Waals surface area contributed by atoms with Crippen LogP contribution in [0.1, 0.15) is 18.3 Å². The Hall–Kier alpha value is -2.87. The second-order valence-electron chi connectivity index (χ2n) is 6.06. The van der Waals surface area contributed by atoms with E-state index < -0.39 is 5.82 Å². The minimum Gasteiger partial charge on any atom is -0.486 e. The second kappa shape index (κ2) is 9.36. The summed E-state index contributed by atoms with van der Waals surface area (Å²) < 4.78 is 21.5. The van der Waals surface area contributed by atoms with Gasteiger partial charge in [-0.1, -0.05) is 36.0 Å². The van der Waals surface area contributed by atoms with Gasteiger partial charge in [-0.15, -0.1) is 10.2 Å². The number of aryl methyl sites for hydroxylation is 1. The Balaban J connectivity index is 1.58. The lowest BCUT2D eigenvalue weighted by molar-refractivity contribution is -0.113. The van der Waals surface area contributed by atoms with Crippen molar-refractivity contribution in [3.05, 3.63) is 65.7 Å². The molecule has 0 spiro atoms. The third-order valence-electron chi connectivity index (χ3n) is 3.95. The van der Waals surface area contributed by atoms with Crippen LogP contribution < -0.4 is 10.1 Å². The minimum atomic E-state index is -0.449. The highest BCUT2D eigenvalue weighted by atomic mass is 32.2. The maximum absolute atomic E-state index is 13.9. The van der Waals surface area contributed by atoms with E-state index in [1.54, 1.807) is 19.1 Å². The number of anilines is 1. The number of carbonyl (C=O) groups excluding carboxylic acids is 1. The summed E-state index contributed by atoms with van der Waals surface area (Å²) in [6.45, 7) is 4.70. The molecule has 0 unspecified atom stereocenters. The summed E-state index contributed by atoms with van der Waals surface area (Å²) in [5.41, 5.74) is 0.969. The van der Waals surface area contributed by atoms with Crippen LogP contribution in [0.5, 0.6) is 5.75 Å². The number of benzene rings is 2. The standard InChI is InChI=1S/C20H21FN4O2S/c1-3-25-18(12-27-15-7-5-4-6-8-15)23-24-20(25)28-13-19(26)22-17-10-9-14(2)11-16(17)21/h4-11H,3,12-13H2,1-2H3,(H,22,26). The Bertz CT molecular complexity index is 947. The number of nitrogens with one attached hydrogen (secondary N) is 1. The maximum Gasteiger partial charge on any atom is 0.234 e. The fraction of sp³-hybridized carbons (Fsp3) is 0.250. The van der Waals surface area contributed by atoms with Gasteiger partial charge in [0.05, 0.1) is 11.4 Å². The molecule has 3 rings (SSSR count). The Kier molecular flexibility index (Phi) is 6.65. The first kappa shape index (κ1) is 19.9. The quantitative estimate of drug-likeness (QED) is 0.578. The Morgan fingerprint density at radius 1 is 1.21 bits per heavy atom. The van der Waals surface area contributed by atoms with Crippen LogP contribution in [0, 0.1) is 12.7 Å². The van der Waals surface area contributed by atoms with E-state index in [4.69, 9.17) is 4.74 Å². The van der Waals surface area contributed by atoms with Crippen molar-refractivity contribution in [1.82, 2.24) is 14.8 Å². The lowest BCUT2D eigenvalue weighted by Gasteiger charge is -2.09. The van der Waals surface area contributed by atoms with Gasteiger partial charge in [0, 0.05) is 6.54 Å². The van der Waals surface area contributed by atoms with Gasteiger partial charge in [-0.2, -0.15) is 0 Å². The van der Waals surface area contributed by atoms with Gasteiger partial charge in [0.25, 0.3) is 0 Å². The molecule has 8 heteroatoms. The average molecular weight is 400 g/mol. The average Bonchev–Trinajstić information content (AvgIpc) is 3.09. The van der Waals surface area contributed by atoms with E-state index in [0.717, 1.165) is 11.3 Å². The minimum absolute atomic E-state index is 0.102. The van der Waals surface area contributed by atoms with Crippen molar-refractivity contribution >= 4 is 23.4 Å². The van der Waals surface area contributed by atoms with Crippen molar-refractivity contribution in [2.45, 2.75) is 32.2 Å². The van der Waals surface area contributed by atoms with Crippen molar-refractivity contribution in [3.8, 4) is 5.75 Å². The highest BCUT2D eigenvalue weighted by Gasteiger charge is 2.14. The predicted octanol–water partition coefficient (Wildman–Crippen LogP) is 4.06. The summed E-state index contributed by atoms with van der Waals surface area (Å²) in [5.74, 6) is 0.780. The number of aromatic nitrogens is 3. The van der Waals surface area contributed by atoms with Crippen molar-refractivity contribution in [1.29, 1.82) is 0 Å². The molecule has 0 radical (unpaired) electrons. The largest absolute Gasteiger partial charge is 0.486 e. The fourth-order valence-electron chi connectivity index (χ4n) is 2.55. The number of amides is 1. The molecular formula is C20H21FN4O2S. The van der Waals surface area contributed by atoms with E-state index in [2.05, 4.69) is 15.5 Å². The van der Waals surface area contributed by atoms with Crippen LogP contribution in [0.4, 0.5) is 10.1 Å². The molecule has 3 aromatic rings. The molecule has 0 aliphatic heterocycles. The summed E-state index contributed by atoms with van der Waals surface area (Å²) in [6.07, 6.45) is 0. The topological polar surface area (TPSA) is 69.0 Å². The zero-order valence-corrected chi connectivity index (χ0v) is 16.5. The molecule has 0 saturated carbocycles. The number of hydrogen-bond donors (Lipinski definition) is 1. The molecule has 1 aromatic heterocycles. The van der Waals surface area contributed by atoms with Crippen LogP contribution >= 0.6 is 11.8 Å². The second-order valence-corrected chi connectivity index (χ2v) is 7.01. The van der Waals surface area contributed by atoms with Gasteiger partial charge < -0.3 is 14.6 Å². The molecule has 28 heavy (non-hydrogen) atoms. The molecule has 1 amide bonds. The number of rotatable bonds is 8. The van der Waals surface area contributed by atoms with Gasteiger partial charge in [-0.05, 0) is 43.7 Å². The molecule has 0 bridgehead atoms. The van der Waals surface area contributed by atoms with E-state index >= 15 is 0 Å². The monoisotopic (exact) mass is 400 g/mol. The summed E-state index contributed by atoms with van der Waals surface area (Å²) in [6, 6.07) is 14.2.